The largest absolute Gasteiger partial charge is 0.273 e. The predicted molar refractivity (Wildman–Crippen MR) is 70.8 cm³/mol. The fourth-order valence-electron chi connectivity index (χ4n) is 1.52. The van der Waals surface area contributed by atoms with E-state index in [4.69, 9.17) is 0 Å². The van der Waals surface area contributed by atoms with Crippen molar-refractivity contribution >= 4 is 11.8 Å². The van der Waals surface area contributed by atoms with Crippen LogP contribution in [0.4, 0.5) is 0 Å². The maximum atomic E-state index is 12.0. The van der Waals surface area contributed by atoms with E-state index in [0.717, 1.165) is 0 Å². The maximum Gasteiger partial charge on any atom is 0.269 e. The number of hydrogen-bond acceptors (Lipinski definition) is 2. The molecule has 0 bridgehead atoms. The number of carbonyl (C=O) groups excluding carboxylic acids is 2. The number of carbonyl (C=O) groups is 2. The van der Waals surface area contributed by atoms with Crippen molar-refractivity contribution in [1.29, 1.82) is 0 Å². The highest BCUT2D eigenvalue weighted by molar-refractivity contribution is 5.95. The van der Waals surface area contributed by atoms with Crippen LogP contribution in [-0.4, -0.2) is 22.4 Å². The number of amides is 2. The minimum atomic E-state index is -0.447. The van der Waals surface area contributed by atoms with Gasteiger partial charge in [-0.1, -0.05) is 25.1 Å². The first-order chi connectivity index (χ1) is 8.36. The van der Waals surface area contributed by atoms with Gasteiger partial charge in [-0.25, -0.2) is 5.01 Å². The van der Waals surface area contributed by atoms with Gasteiger partial charge < -0.3 is 0 Å². The van der Waals surface area contributed by atoms with E-state index >= 15 is 0 Å². The first-order valence-electron chi connectivity index (χ1n) is 6.05. The van der Waals surface area contributed by atoms with Gasteiger partial charge in [0.2, 0.25) is 5.91 Å². The Bertz CT molecular complexity index is 421. The van der Waals surface area contributed by atoms with Crippen LogP contribution in [0.15, 0.2) is 30.3 Å². The van der Waals surface area contributed by atoms with Crippen LogP contribution in [0.2, 0.25) is 0 Å². The van der Waals surface area contributed by atoms with E-state index in [-0.39, 0.29) is 11.8 Å². The van der Waals surface area contributed by atoms with Gasteiger partial charge in [0.15, 0.2) is 0 Å². The molecule has 0 saturated heterocycles. The molecule has 0 aliphatic rings. The molecule has 1 aromatic rings. The number of nitrogens with zero attached hydrogens (tertiary/aromatic N) is 1. The minimum Gasteiger partial charge on any atom is -0.273 e. The van der Waals surface area contributed by atoms with Crippen LogP contribution in [0.25, 0.3) is 0 Å². The van der Waals surface area contributed by atoms with Crippen molar-refractivity contribution in [1.82, 2.24) is 10.4 Å². The van der Waals surface area contributed by atoms with Gasteiger partial charge in [0.05, 0.1) is 5.54 Å². The Labute approximate surface area is 108 Å². The lowest BCUT2D eigenvalue weighted by atomic mass is 10.1. The molecule has 0 saturated carbocycles. The third-order valence-electron chi connectivity index (χ3n) is 2.47. The zero-order valence-electron chi connectivity index (χ0n) is 11.4. The average molecular weight is 248 g/mol. The Hall–Kier alpha value is -1.84. The number of benzene rings is 1. The van der Waals surface area contributed by atoms with Gasteiger partial charge in [-0.3, -0.25) is 15.0 Å². The van der Waals surface area contributed by atoms with Gasteiger partial charge in [0.25, 0.3) is 5.91 Å². The Balaban J connectivity index is 2.86. The van der Waals surface area contributed by atoms with Crippen LogP contribution in [0.5, 0.6) is 0 Å². The maximum absolute atomic E-state index is 12.0. The summed E-state index contributed by atoms with van der Waals surface area (Å²) >= 11 is 0. The lowest BCUT2D eigenvalue weighted by molar-refractivity contribution is -0.138. The van der Waals surface area contributed by atoms with Gasteiger partial charge >= 0.3 is 0 Å². The molecule has 0 heterocycles. The van der Waals surface area contributed by atoms with E-state index in [9.17, 15) is 9.59 Å². The third-order valence-corrected chi connectivity index (χ3v) is 2.47. The molecule has 4 heteroatoms. The van der Waals surface area contributed by atoms with E-state index in [2.05, 4.69) is 5.43 Å². The highest BCUT2D eigenvalue weighted by atomic mass is 16.2. The van der Waals surface area contributed by atoms with Gasteiger partial charge in [-0.05, 0) is 32.9 Å². The molecule has 4 nitrogen and oxygen atoms in total. The highest BCUT2D eigenvalue weighted by Gasteiger charge is 2.27. The Kier molecular flexibility index (Phi) is 4.48. The van der Waals surface area contributed by atoms with Crippen LogP contribution in [0.1, 0.15) is 44.5 Å². The highest BCUT2D eigenvalue weighted by Crippen LogP contribution is 2.12. The second kappa shape index (κ2) is 5.67. The molecule has 0 radical (unpaired) electrons. The molecule has 2 amide bonds. The Morgan fingerprint density at radius 2 is 1.72 bits per heavy atom. The summed E-state index contributed by atoms with van der Waals surface area (Å²) in [5.74, 6) is -0.376. The topological polar surface area (TPSA) is 49.4 Å². The van der Waals surface area contributed by atoms with Crippen molar-refractivity contribution < 1.29 is 9.59 Å². The molecule has 0 unspecified atom stereocenters. The molecule has 18 heavy (non-hydrogen) atoms. The van der Waals surface area contributed by atoms with E-state index in [1.165, 1.54) is 5.01 Å². The number of nitrogens with one attached hydrogen (secondary N) is 1. The minimum absolute atomic E-state index is 0.105. The fraction of sp³-hybridized carbons (Fsp3) is 0.429. The van der Waals surface area contributed by atoms with Crippen molar-refractivity contribution in [2.75, 3.05) is 0 Å². The molecule has 1 aromatic carbocycles. The first-order valence-corrected chi connectivity index (χ1v) is 6.05. The van der Waals surface area contributed by atoms with Gasteiger partial charge in [-0.2, -0.15) is 0 Å². The predicted octanol–water partition coefficient (Wildman–Crippen LogP) is 2.37. The van der Waals surface area contributed by atoms with Crippen LogP contribution in [0, 0.1) is 0 Å². The molecule has 0 atom stereocenters. The standard InChI is InChI=1S/C14H20N2O2/c1-5-12(17)16(14(2,3)4)15-13(18)11-9-7-6-8-10-11/h6-10H,5H2,1-4H3,(H,15,18). The lowest BCUT2D eigenvalue weighted by Gasteiger charge is -2.35. The molecule has 0 aliphatic carbocycles. The zero-order valence-corrected chi connectivity index (χ0v) is 11.4. The van der Waals surface area contributed by atoms with Crippen molar-refractivity contribution in [2.45, 2.75) is 39.7 Å². The Morgan fingerprint density at radius 3 is 2.17 bits per heavy atom. The van der Waals surface area contributed by atoms with Gasteiger partial charge in [0, 0.05) is 12.0 Å². The molecule has 0 aromatic heterocycles. The van der Waals surface area contributed by atoms with Crippen LogP contribution in [-0.2, 0) is 4.79 Å². The summed E-state index contributed by atoms with van der Waals surface area (Å²) in [6.07, 6.45) is 0.354. The zero-order chi connectivity index (χ0) is 13.8. The SMILES string of the molecule is CCC(=O)N(NC(=O)c1ccccc1)C(C)(C)C. The van der Waals surface area contributed by atoms with Crippen molar-refractivity contribution in [3.05, 3.63) is 35.9 Å². The molecule has 0 aliphatic heterocycles. The first kappa shape index (κ1) is 14.2. The van der Waals surface area contributed by atoms with Crippen molar-refractivity contribution in [3.8, 4) is 0 Å². The average Bonchev–Trinajstić information content (AvgIpc) is 2.34. The van der Waals surface area contributed by atoms with Gasteiger partial charge in [-0.15, -0.1) is 0 Å². The fourth-order valence-corrected chi connectivity index (χ4v) is 1.52. The normalized spacial score (nSPS) is 10.9. The second-order valence-corrected chi connectivity index (χ2v) is 5.06. The number of hydrazine groups is 1. The quantitative estimate of drug-likeness (QED) is 0.817. The van der Waals surface area contributed by atoms with E-state index < -0.39 is 5.54 Å². The van der Waals surface area contributed by atoms with E-state index in [0.29, 0.717) is 12.0 Å². The van der Waals surface area contributed by atoms with Crippen molar-refractivity contribution in [3.63, 3.8) is 0 Å². The van der Waals surface area contributed by atoms with Crippen LogP contribution < -0.4 is 5.43 Å². The Morgan fingerprint density at radius 1 is 1.17 bits per heavy atom. The summed E-state index contributed by atoms with van der Waals surface area (Å²) in [5, 5.41) is 1.39. The monoisotopic (exact) mass is 248 g/mol. The second-order valence-electron chi connectivity index (χ2n) is 5.06. The third kappa shape index (κ3) is 3.58. The molecule has 1 N–H and O–H groups in total. The summed E-state index contributed by atoms with van der Waals surface area (Å²) < 4.78 is 0. The smallest absolute Gasteiger partial charge is 0.269 e. The lowest BCUT2D eigenvalue weighted by Crippen LogP contribution is -2.55. The van der Waals surface area contributed by atoms with Crippen LogP contribution >= 0.6 is 0 Å². The number of hydrogen-bond donors (Lipinski definition) is 1. The van der Waals surface area contributed by atoms with Crippen LogP contribution in [0.3, 0.4) is 0 Å². The molecular weight excluding hydrogens is 228 g/mol. The summed E-state index contributed by atoms with van der Waals surface area (Å²) in [7, 11) is 0. The van der Waals surface area contributed by atoms with E-state index in [1.807, 2.05) is 26.8 Å². The molecule has 0 fully saturated rings. The van der Waals surface area contributed by atoms with Gasteiger partial charge in [0.1, 0.15) is 0 Å². The summed E-state index contributed by atoms with van der Waals surface area (Å²) in [4.78, 5) is 23.9. The van der Waals surface area contributed by atoms with Crippen molar-refractivity contribution in [2.24, 2.45) is 0 Å². The number of rotatable bonds is 2. The van der Waals surface area contributed by atoms with E-state index in [1.54, 1.807) is 31.2 Å². The summed E-state index contributed by atoms with van der Waals surface area (Å²) in [5.41, 5.74) is 2.76. The summed E-state index contributed by atoms with van der Waals surface area (Å²) in [6.45, 7) is 7.42. The molecule has 98 valence electrons. The molecular formula is C14H20N2O2. The molecule has 0 spiro atoms. The molecule has 1 rings (SSSR count). The summed E-state index contributed by atoms with van der Waals surface area (Å²) in [6, 6.07) is 8.85.